The maximum Gasteiger partial charge on any atom is 0.276 e. The summed E-state index contributed by atoms with van der Waals surface area (Å²) in [6.45, 7) is 5.82. The molecule has 1 heterocycles. The summed E-state index contributed by atoms with van der Waals surface area (Å²) in [6, 6.07) is 8.54. The molecule has 0 fully saturated rings. The SMILES string of the molecule is Cc1cc(OC(C)C)ccc1NC(=O)c1ccc(Cl)nn1. The Bertz CT molecular complexity index is 642. The third-order valence-corrected chi connectivity index (χ3v) is 2.88. The van der Waals surface area contributed by atoms with E-state index in [1.165, 1.54) is 12.1 Å². The number of aryl methyl sites for hydroxylation is 1. The monoisotopic (exact) mass is 305 g/mol. The number of benzene rings is 1. The molecule has 0 spiro atoms. The Balaban J connectivity index is 2.12. The summed E-state index contributed by atoms with van der Waals surface area (Å²) in [5, 5.41) is 10.4. The molecule has 0 aliphatic rings. The summed E-state index contributed by atoms with van der Waals surface area (Å²) in [6.07, 6.45) is 0.106. The highest BCUT2D eigenvalue weighted by atomic mass is 35.5. The highest BCUT2D eigenvalue weighted by Crippen LogP contribution is 2.22. The van der Waals surface area contributed by atoms with Gasteiger partial charge in [-0.3, -0.25) is 4.79 Å². The van der Waals surface area contributed by atoms with E-state index in [0.29, 0.717) is 5.69 Å². The van der Waals surface area contributed by atoms with Gasteiger partial charge in [0.25, 0.3) is 5.91 Å². The van der Waals surface area contributed by atoms with Gasteiger partial charge in [0.1, 0.15) is 5.75 Å². The van der Waals surface area contributed by atoms with Crippen molar-refractivity contribution < 1.29 is 9.53 Å². The van der Waals surface area contributed by atoms with Crippen molar-refractivity contribution in [2.75, 3.05) is 5.32 Å². The number of rotatable bonds is 4. The van der Waals surface area contributed by atoms with E-state index in [-0.39, 0.29) is 22.9 Å². The molecular formula is C15H16ClN3O2. The van der Waals surface area contributed by atoms with Gasteiger partial charge in [0, 0.05) is 5.69 Å². The number of carbonyl (C=O) groups is 1. The number of halogens is 1. The van der Waals surface area contributed by atoms with Crippen LogP contribution in [-0.2, 0) is 0 Å². The van der Waals surface area contributed by atoms with Crippen LogP contribution >= 0.6 is 11.6 Å². The van der Waals surface area contributed by atoms with E-state index in [1.807, 2.05) is 32.9 Å². The molecule has 21 heavy (non-hydrogen) atoms. The minimum atomic E-state index is -0.334. The van der Waals surface area contributed by atoms with Crippen LogP contribution in [0.2, 0.25) is 5.15 Å². The van der Waals surface area contributed by atoms with Gasteiger partial charge in [-0.25, -0.2) is 0 Å². The second-order valence-corrected chi connectivity index (χ2v) is 5.23. The molecule has 110 valence electrons. The molecule has 0 atom stereocenters. The Labute approximate surface area is 128 Å². The smallest absolute Gasteiger partial charge is 0.276 e. The lowest BCUT2D eigenvalue weighted by molar-refractivity contribution is 0.102. The molecule has 2 aromatic rings. The van der Waals surface area contributed by atoms with Crippen LogP contribution in [0.1, 0.15) is 29.9 Å². The number of nitrogens with zero attached hydrogens (tertiary/aromatic N) is 2. The van der Waals surface area contributed by atoms with E-state index < -0.39 is 0 Å². The predicted octanol–water partition coefficient (Wildman–Crippen LogP) is 3.48. The summed E-state index contributed by atoms with van der Waals surface area (Å²) in [4.78, 5) is 12.1. The van der Waals surface area contributed by atoms with Crippen molar-refractivity contribution in [1.29, 1.82) is 0 Å². The van der Waals surface area contributed by atoms with Crippen molar-refractivity contribution in [3.8, 4) is 5.75 Å². The Morgan fingerprint density at radius 2 is 2.00 bits per heavy atom. The van der Waals surface area contributed by atoms with Gasteiger partial charge >= 0.3 is 0 Å². The van der Waals surface area contributed by atoms with Crippen molar-refractivity contribution in [2.45, 2.75) is 26.9 Å². The number of amides is 1. The quantitative estimate of drug-likeness (QED) is 0.939. The van der Waals surface area contributed by atoms with Gasteiger partial charge in [-0.1, -0.05) is 11.6 Å². The maximum atomic E-state index is 12.1. The first-order valence-corrected chi connectivity index (χ1v) is 6.91. The topological polar surface area (TPSA) is 64.1 Å². The molecule has 1 aromatic carbocycles. The average molecular weight is 306 g/mol. The molecule has 2 rings (SSSR count). The van der Waals surface area contributed by atoms with Crippen molar-refractivity contribution in [2.24, 2.45) is 0 Å². The van der Waals surface area contributed by atoms with Gasteiger partial charge in [0.2, 0.25) is 0 Å². The van der Waals surface area contributed by atoms with Crippen molar-refractivity contribution >= 4 is 23.2 Å². The number of aromatic nitrogens is 2. The highest BCUT2D eigenvalue weighted by molar-refractivity contribution is 6.29. The third-order valence-electron chi connectivity index (χ3n) is 2.68. The zero-order valence-corrected chi connectivity index (χ0v) is 12.8. The summed E-state index contributed by atoms with van der Waals surface area (Å²) in [5.74, 6) is 0.437. The molecular weight excluding hydrogens is 290 g/mol. The molecule has 0 aliphatic heterocycles. The minimum absolute atomic E-state index is 0.106. The number of nitrogens with one attached hydrogen (secondary N) is 1. The normalized spacial score (nSPS) is 10.5. The lowest BCUT2D eigenvalue weighted by Crippen LogP contribution is -2.15. The minimum Gasteiger partial charge on any atom is -0.491 e. The second kappa shape index (κ2) is 6.54. The summed E-state index contributed by atoms with van der Waals surface area (Å²) >= 11 is 5.64. The van der Waals surface area contributed by atoms with E-state index in [4.69, 9.17) is 16.3 Å². The van der Waals surface area contributed by atoms with Crippen molar-refractivity contribution in [1.82, 2.24) is 10.2 Å². The van der Waals surface area contributed by atoms with Crippen LogP contribution < -0.4 is 10.1 Å². The van der Waals surface area contributed by atoms with Crippen LogP contribution in [0, 0.1) is 6.92 Å². The van der Waals surface area contributed by atoms with Crippen molar-refractivity contribution in [3.05, 3.63) is 46.7 Å². The van der Waals surface area contributed by atoms with Crippen LogP contribution in [0.4, 0.5) is 5.69 Å². The van der Waals surface area contributed by atoms with E-state index in [1.54, 1.807) is 6.07 Å². The molecule has 0 aliphatic carbocycles. The van der Waals surface area contributed by atoms with Gasteiger partial charge in [-0.15, -0.1) is 10.2 Å². The van der Waals surface area contributed by atoms with Gasteiger partial charge in [0.05, 0.1) is 6.10 Å². The second-order valence-electron chi connectivity index (χ2n) is 4.84. The van der Waals surface area contributed by atoms with Gasteiger partial charge in [0.15, 0.2) is 10.8 Å². The van der Waals surface area contributed by atoms with E-state index in [2.05, 4.69) is 15.5 Å². The van der Waals surface area contributed by atoms with E-state index in [0.717, 1.165) is 11.3 Å². The Morgan fingerprint density at radius 1 is 1.24 bits per heavy atom. The molecule has 0 saturated heterocycles. The molecule has 6 heteroatoms. The third kappa shape index (κ3) is 4.16. The highest BCUT2D eigenvalue weighted by Gasteiger charge is 2.10. The largest absolute Gasteiger partial charge is 0.491 e. The zero-order chi connectivity index (χ0) is 15.4. The number of hydrogen-bond acceptors (Lipinski definition) is 4. The average Bonchev–Trinajstić information content (AvgIpc) is 2.42. The van der Waals surface area contributed by atoms with Gasteiger partial charge in [-0.2, -0.15) is 0 Å². The lowest BCUT2D eigenvalue weighted by Gasteiger charge is -2.13. The Hall–Kier alpha value is -2.14. The van der Waals surface area contributed by atoms with Gasteiger partial charge in [-0.05, 0) is 56.7 Å². The molecule has 0 saturated carbocycles. The molecule has 5 nitrogen and oxygen atoms in total. The first-order chi connectivity index (χ1) is 9.95. The van der Waals surface area contributed by atoms with E-state index >= 15 is 0 Å². The molecule has 0 unspecified atom stereocenters. The molecule has 1 amide bonds. The number of ether oxygens (including phenoxy) is 1. The van der Waals surface area contributed by atoms with Crippen LogP contribution in [0.5, 0.6) is 5.75 Å². The number of carbonyl (C=O) groups excluding carboxylic acids is 1. The van der Waals surface area contributed by atoms with Crippen LogP contribution in [0.25, 0.3) is 0 Å². The summed E-state index contributed by atoms with van der Waals surface area (Å²) in [7, 11) is 0. The standard InChI is InChI=1S/C15H16ClN3O2/c1-9(2)21-11-4-5-12(10(3)8-11)17-15(20)13-6-7-14(16)19-18-13/h4-9H,1-3H3,(H,17,20). The molecule has 0 radical (unpaired) electrons. The number of anilines is 1. The summed E-state index contributed by atoms with van der Waals surface area (Å²) in [5.41, 5.74) is 1.82. The fraction of sp³-hybridized carbons (Fsp3) is 0.267. The Kier molecular flexibility index (Phi) is 4.75. The fourth-order valence-electron chi connectivity index (χ4n) is 1.75. The Morgan fingerprint density at radius 3 is 2.57 bits per heavy atom. The summed E-state index contributed by atoms with van der Waals surface area (Å²) < 4.78 is 5.60. The molecule has 1 N–H and O–H groups in total. The predicted molar refractivity (Wildman–Crippen MR) is 81.9 cm³/mol. The molecule has 1 aromatic heterocycles. The fourth-order valence-corrected chi connectivity index (χ4v) is 1.85. The van der Waals surface area contributed by atoms with Crippen LogP contribution in [0.3, 0.4) is 0 Å². The first-order valence-electron chi connectivity index (χ1n) is 6.53. The van der Waals surface area contributed by atoms with Crippen molar-refractivity contribution in [3.63, 3.8) is 0 Å². The van der Waals surface area contributed by atoms with E-state index in [9.17, 15) is 4.79 Å². The maximum absolute atomic E-state index is 12.1. The molecule has 0 bridgehead atoms. The number of hydrogen-bond donors (Lipinski definition) is 1. The van der Waals surface area contributed by atoms with Crippen LogP contribution in [-0.4, -0.2) is 22.2 Å². The van der Waals surface area contributed by atoms with Crippen LogP contribution in [0.15, 0.2) is 30.3 Å². The zero-order valence-electron chi connectivity index (χ0n) is 12.1. The lowest BCUT2D eigenvalue weighted by atomic mass is 10.2. The van der Waals surface area contributed by atoms with Gasteiger partial charge < -0.3 is 10.1 Å². The first kappa shape index (κ1) is 15.3.